The zero-order chi connectivity index (χ0) is 16.6. The van der Waals surface area contributed by atoms with Crippen LogP contribution in [0.1, 0.15) is 11.3 Å². The van der Waals surface area contributed by atoms with E-state index in [2.05, 4.69) is 9.72 Å². The van der Waals surface area contributed by atoms with Crippen LogP contribution < -0.4 is 10.5 Å². The highest BCUT2D eigenvalue weighted by atomic mass is 35.7. The molecule has 2 N–H and O–H groups in total. The van der Waals surface area contributed by atoms with Gasteiger partial charge in [0.1, 0.15) is 5.69 Å². The average Bonchev–Trinajstić information content (AvgIpc) is 2.23. The molecule has 0 atom stereocenters. The zero-order valence-electron chi connectivity index (χ0n) is 9.59. The Hall–Kier alpha value is -1.27. The number of nitrogens with zero attached hydrogens (tertiary/aromatic N) is 1. The topological polar surface area (TPSA) is 82.3 Å². The monoisotopic (exact) mass is 358 g/mol. The number of halogens is 7. The smallest absolute Gasteiger partial charge is 0.387 e. The van der Waals surface area contributed by atoms with Gasteiger partial charge in [0.05, 0.1) is 4.90 Å². The van der Waals surface area contributed by atoms with Crippen molar-refractivity contribution in [1.82, 2.24) is 4.98 Å². The molecule has 13 heteroatoms. The molecule has 21 heavy (non-hydrogen) atoms. The molecule has 1 rings (SSSR count). The van der Waals surface area contributed by atoms with Crippen LogP contribution in [0.15, 0.2) is 11.0 Å². The minimum Gasteiger partial charge on any atom is -0.387 e. The minimum absolute atomic E-state index is 0.0201. The van der Waals surface area contributed by atoms with Gasteiger partial charge in [-0.05, 0) is 6.07 Å². The summed E-state index contributed by atoms with van der Waals surface area (Å²) in [5, 5.41) is 0. The third kappa shape index (κ3) is 4.61. The molecule has 0 saturated carbocycles. The summed E-state index contributed by atoms with van der Waals surface area (Å²) in [4.78, 5) is 1.35. The van der Waals surface area contributed by atoms with Crippen LogP contribution in [0.25, 0.3) is 0 Å². The van der Waals surface area contributed by atoms with Crippen LogP contribution >= 0.6 is 10.7 Å². The molecule has 1 aromatic heterocycles. The normalized spacial score (nSPS) is 13.3. The van der Waals surface area contributed by atoms with Gasteiger partial charge in [-0.3, -0.25) is 0 Å². The summed E-state index contributed by atoms with van der Waals surface area (Å²) in [6.07, 6.45) is -10.6. The maximum atomic E-state index is 12.5. The largest absolute Gasteiger partial charge is 0.574 e. The van der Waals surface area contributed by atoms with Gasteiger partial charge in [0.25, 0.3) is 9.05 Å². The van der Waals surface area contributed by atoms with Crippen LogP contribution in [0.5, 0.6) is 5.88 Å². The minimum atomic E-state index is -5.39. The Kier molecular flexibility index (Phi) is 4.65. The van der Waals surface area contributed by atoms with Gasteiger partial charge in [0, 0.05) is 22.8 Å². The van der Waals surface area contributed by atoms with Crippen LogP contribution in [0, 0.1) is 0 Å². The summed E-state index contributed by atoms with van der Waals surface area (Å²) in [6, 6.07) is -0.0201. The van der Waals surface area contributed by atoms with Crippen LogP contribution in [0.4, 0.5) is 26.3 Å². The Balaban J connectivity index is 3.68. The van der Waals surface area contributed by atoms with Gasteiger partial charge >= 0.3 is 12.5 Å². The molecule has 0 spiro atoms. The Morgan fingerprint density at radius 2 is 1.76 bits per heavy atom. The van der Waals surface area contributed by atoms with E-state index in [1.165, 1.54) is 0 Å². The third-order valence-corrected chi connectivity index (χ3v) is 3.40. The van der Waals surface area contributed by atoms with Crippen molar-refractivity contribution in [1.29, 1.82) is 0 Å². The summed E-state index contributed by atoms with van der Waals surface area (Å²) in [5.74, 6) is -1.63. The number of hydrogen-bond acceptors (Lipinski definition) is 5. The van der Waals surface area contributed by atoms with E-state index in [1.54, 1.807) is 0 Å². The highest BCUT2D eigenvalue weighted by Gasteiger charge is 2.39. The lowest BCUT2D eigenvalue weighted by molar-refractivity contribution is -0.276. The molecule has 0 aliphatic rings. The highest BCUT2D eigenvalue weighted by Crippen LogP contribution is 2.36. The van der Waals surface area contributed by atoms with Gasteiger partial charge in [-0.2, -0.15) is 13.2 Å². The number of rotatable bonds is 3. The maximum absolute atomic E-state index is 12.5. The van der Waals surface area contributed by atoms with E-state index < -0.39 is 50.2 Å². The molecule has 1 heterocycles. The van der Waals surface area contributed by atoms with Crippen molar-refractivity contribution in [2.24, 2.45) is 5.73 Å². The van der Waals surface area contributed by atoms with Gasteiger partial charge < -0.3 is 10.5 Å². The number of pyridine rings is 1. The molecule has 0 unspecified atom stereocenters. The molecular formula is C8H5ClF6N2O3S. The van der Waals surface area contributed by atoms with Crippen molar-refractivity contribution < 1.29 is 39.5 Å². The van der Waals surface area contributed by atoms with Crippen LogP contribution in [-0.2, 0) is 21.8 Å². The third-order valence-electron chi connectivity index (χ3n) is 2.02. The van der Waals surface area contributed by atoms with Gasteiger partial charge in [-0.1, -0.05) is 0 Å². The lowest BCUT2D eigenvalue weighted by atomic mass is 10.2. The summed E-state index contributed by atoms with van der Waals surface area (Å²) < 4.78 is 99.7. The lowest BCUT2D eigenvalue weighted by Gasteiger charge is -2.16. The van der Waals surface area contributed by atoms with Crippen LogP contribution in [-0.4, -0.2) is 19.8 Å². The van der Waals surface area contributed by atoms with Crippen molar-refractivity contribution >= 4 is 19.7 Å². The average molecular weight is 359 g/mol. The van der Waals surface area contributed by atoms with Gasteiger partial charge in [0.15, 0.2) is 0 Å². The number of nitrogens with two attached hydrogens (primary N) is 1. The highest BCUT2D eigenvalue weighted by molar-refractivity contribution is 8.13. The summed E-state index contributed by atoms with van der Waals surface area (Å²) in [7, 11) is 0.0909. The molecular weight excluding hydrogens is 354 g/mol. The molecule has 0 amide bonds. The van der Waals surface area contributed by atoms with E-state index in [-0.39, 0.29) is 6.07 Å². The summed E-state index contributed by atoms with van der Waals surface area (Å²) >= 11 is 0. The van der Waals surface area contributed by atoms with Crippen LogP contribution in [0.3, 0.4) is 0 Å². The number of hydrogen-bond donors (Lipinski definition) is 1. The number of aromatic nitrogens is 1. The molecule has 0 aromatic carbocycles. The van der Waals surface area contributed by atoms with Gasteiger partial charge in [0.2, 0.25) is 5.88 Å². The molecule has 0 saturated heterocycles. The second kappa shape index (κ2) is 5.50. The Morgan fingerprint density at radius 3 is 2.10 bits per heavy atom. The zero-order valence-corrected chi connectivity index (χ0v) is 11.2. The van der Waals surface area contributed by atoms with E-state index in [4.69, 9.17) is 16.4 Å². The second-order valence-electron chi connectivity index (χ2n) is 3.48. The SMILES string of the molecule is NCc1c(S(=O)(=O)Cl)cc(C(F)(F)F)nc1OC(F)(F)F. The number of alkyl halides is 6. The van der Waals surface area contributed by atoms with Gasteiger partial charge in [-0.15, -0.1) is 13.2 Å². The van der Waals surface area contributed by atoms with Crippen molar-refractivity contribution in [2.45, 2.75) is 24.0 Å². The molecule has 0 radical (unpaired) electrons. The Labute approximate surface area is 118 Å². The maximum Gasteiger partial charge on any atom is 0.574 e. The quantitative estimate of drug-likeness (QED) is 0.662. The summed E-state index contributed by atoms with van der Waals surface area (Å²) in [5.41, 5.74) is 2.20. The van der Waals surface area contributed by atoms with E-state index in [1.807, 2.05) is 0 Å². The Morgan fingerprint density at radius 1 is 1.24 bits per heavy atom. The first-order chi connectivity index (χ1) is 9.25. The van der Waals surface area contributed by atoms with Crippen molar-refractivity contribution in [3.05, 3.63) is 17.3 Å². The van der Waals surface area contributed by atoms with Crippen LogP contribution in [0.2, 0.25) is 0 Å². The molecule has 120 valence electrons. The number of ether oxygens (including phenoxy) is 1. The second-order valence-corrected chi connectivity index (χ2v) is 6.01. The Bertz CT molecular complexity index is 643. The van der Waals surface area contributed by atoms with Gasteiger partial charge in [-0.25, -0.2) is 13.4 Å². The first-order valence-corrected chi connectivity index (χ1v) is 7.08. The fourth-order valence-electron chi connectivity index (χ4n) is 1.27. The first-order valence-electron chi connectivity index (χ1n) is 4.77. The molecule has 0 bridgehead atoms. The summed E-state index contributed by atoms with van der Waals surface area (Å²) in [6.45, 7) is -0.891. The molecule has 0 aliphatic carbocycles. The molecule has 5 nitrogen and oxygen atoms in total. The van der Waals surface area contributed by atoms with E-state index >= 15 is 0 Å². The van der Waals surface area contributed by atoms with E-state index in [0.29, 0.717) is 0 Å². The van der Waals surface area contributed by atoms with E-state index in [9.17, 15) is 34.8 Å². The molecule has 1 aromatic rings. The van der Waals surface area contributed by atoms with Crippen molar-refractivity contribution in [3.8, 4) is 5.88 Å². The lowest BCUT2D eigenvalue weighted by Crippen LogP contribution is -2.22. The van der Waals surface area contributed by atoms with E-state index in [0.717, 1.165) is 0 Å². The predicted molar refractivity (Wildman–Crippen MR) is 56.9 cm³/mol. The first kappa shape index (κ1) is 17.8. The van der Waals surface area contributed by atoms with Crippen molar-refractivity contribution in [2.75, 3.05) is 0 Å². The fraction of sp³-hybridized carbons (Fsp3) is 0.375. The standard InChI is InChI=1S/C8H5ClF6N2O3S/c9-21(18,19)4-1-5(7(10,11)12)17-6(3(4)2-16)20-8(13,14)15/h1H,2,16H2. The predicted octanol–water partition coefficient (Wildman–Crippen LogP) is 2.39. The fourth-order valence-corrected chi connectivity index (χ4v) is 2.40. The van der Waals surface area contributed by atoms with Crippen molar-refractivity contribution in [3.63, 3.8) is 0 Å². The molecule has 0 aliphatic heterocycles. The molecule has 0 fully saturated rings.